The van der Waals surface area contributed by atoms with Crippen LogP contribution in [0.3, 0.4) is 0 Å². The average Bonchev–Trinajstić information content (AvgIpc) is 2.11. The van der Waals surface area contributed by atoms with E-state index < -0.39 is 0 Å². The van der Waals surface area contributed by atoms with Gasteiger partial charge in [-0.1, -0.05) is 38.5 Å². The summed E-state index contributed by atoms with van der Waals surface area (Å²) in [5.41, 5.74) is 0. The molecule has 1 aliphatic heterocycles. The van der Waals surface area contributed by atoms with Crippen LogP contribution in [0.5, 0.6) is 0 Å². The van der Waals surface area contributed by atoms with E-state index >= 15 is 0 Å². The van der Waals surface area contributed by atoms with Gasteiger partial charge in [0.25, 0.3) is 0 Å². The minimum Gasteiger partial charge on any atom is -0.379 e. The van der Waals surface area contributed by atoms with Crippen molar-refractivity contribution >= 4 is 0 Å². The predicted molar refractivity (Wildman–Crippen MR) is 52.4 cm³/mol. The molecule has 0 saturated carbocycles. The Bertz CT molecular complexity index is 89.2. The second-order valence-electron chi connectivity index (χ2n) is 3.94. The molecule has 1 heterocycles. The van der Waals surface area contributed by atoms with Crippen molar-refractivity contribution in [1.82, 2.24) is 0 Å². The highest BCUT2D eigenvalue weighted by molar-refractivity contribution is 4.54. The number of rotatable bonds is 0. The Hall–Kier alpha value is -0.0400. The van der Waals surface area contributed by atoms with Gasteiger partial charge in [0.2, 0.25) is 0 Å². The quantitative estimate of drug-likeness (QED) is 0.540. The summed E-state index contributed by atoms with van der Waals surface area (Å²) in [5.74, 6) is 0. The van der Waals surface area contributed by atoms with Gasteiger partial charge in [-0.05, 0) is 19.8 Å². The molecular weight excluding hydrogens is 148 g/mol. The molecule has 0 aromatic carbocycles. The molecule has 1 atom stereocenters. The van der Waals surface area contributed by atoms with Crippen molar-refractivity contribution in [2.75, 3.05) is 6.61 Å². The zero-order chi connectivity index (χ0) is 8.65. The van der Waals surface area contributed by atoms with E-state index in [-0.39, 0.29) is 0 Å². The highest BCUT2D eigenvalue weighted by atomic mass is 16.5. The molecule has 1 unspecified atom stereocenters. The van der Waals surface area contributed by atoms with E-state index in [2.05, 4.69) is 6.92 Å². The highest BCUT2D eigenvalue weighted by Crippen LogP contribution is 2.13. The Kier molecular flexibility index (Phi) is 5.42. The number of hydrogen-bond donors (Lipinski definition) is 0. The van der Waals surface area contributed by atoms with Crippen LogP contribution < -0.4 is 0 Å². The van der Waals surface area contributed by atoms with Crippen LogP contribution in [0, 0.1) is 0 Å². The molecule has 0 aromatic heterocycles. The molecule has 0 aliphatic carbocycles. The summed E-state index contributed by atoms with van der Waals surface area (Å²) in [4.78, 5) is 0. The monoisotopic (exact) mass is 170 g/mol. The van der Waals surface area contributed by atoms with Crippen LogP contribution in [0.25, 0.3) is 0 Å². The molecule has 12 heavy (non-hydrogen) atoms. The van der Waals surface area contributed by atoms with E-state index in [9.17, 15) is 0 Å². The molecule has 1 fully saturated rings. The third-order valence-corrected chi connectivity index (χ3v) is 2.66. The van der Waals surface area contributed by atoms with Gasteiger partial charge in [-0.15, -0.1) is 0 Å². The first-order chi connectivity index (χ1) is 5.89. The van der Waals surface area contributed by atoms with Crippen LogP contribution >= 0.6 is 0 Å². The third-order valence-electron chi connectivity index (χ3n) is 2.66. The minimum atomic E-state index is 0.503. The van der Waals surface area contributed by atoms with Crippen molar-refractivity contribution < 1.29 is 4.74 Å². The predicted octanol–water partition coefficient (Wildman–Crippen LogP) is 3.53. The van der Waals surface area contributed by atoms with Gasteiger partial charge in [-0.3, -0.25) is 0 Å². The molecule has 1 nitrogen and oxygen atoms in total. The van der Waals surface area contributed by atoms with Gasteiger partial charge < -0.3 is 4.74 Å². The molecule has 1 heteroatoms. The van der Waals surface area contributed by atoms with Gasteiger partial charge in [0.15, 0.2) is 0 Å². The highest BCUT2D eigenvalue weighted by Gasteiger charge is 2.03. The van der Waals surface area contributed by atoms with Crippen LogP contribution in [0.2, 0.25) is 0 Å². The lowest BCUT2D eigenvalue weighted by molar-refractivity contribution is 0.0568. The fourth-order valence-electron chi connectivity index (χ4n) is 1.79. The van der Waals surface area contributed by atoms with Crippen molar-refractivity contribution in [1.29, 1.82) is 0 Å². The smallest absolute Gasteiger partial charge is 0.0547 e. The zero-order valence-corrected chi connectivity index (χ0v) is 8.35. The Morgan fingerprint density at radius 3 is 2.17 bits per heavy atom. The van der Waals surface area contributed by atoms with Gasteiger partial charge in [0.05, 0.1) is 6.10 Å². The molecule has 72 valence electrons. The second-order valence-corrected chi connectivity index (χ2v) is 3.94. The topological polar surface area (TPSA) is 9.23 Å². The summed E-state index contributed by atoms with van der Waals surface area (Å²) >= 11 is 0. The van der Waals surface area contributed by atoms with E-state index in [1.165, 1.54) is 51.4 Å². The molecule has 1 saturated heterocycles. The third kappa shape index (κ3) is 4.76. The summed E-state index contributed by atoms with van der Waals surface area (Å²) in [5, 5.41) is 0. The Morgan fingerprint density at radius 2 is 1.42 bits per heavy atom. The molecule has 0 aromatic rings. The van der Waals surface area contributed by atoms with Gasteiger partial charge in [-0.2, -0.15) is 0 Å². The van der Waals surface area contributed by atoms with E-state index in [0.29, 0.717) is 6.10 Å². The maximum atomic E-state index is 5.67. The average molecular weight is 170 g/mol. The van der Waals surface area contributed by atoms with Crippen LogP contribution in [0.4, 0.5) is 0 Å². The standard InChI is InChI=1S/C11H22O/c1-11-9-7-5-3-2-4-6-8-10-12-11/h11H,2-10H2,1H3. The maximum Gasteiger partial charge on any atom is 0.0547 e. The second kappa shape index (κ2) is 6.47. The van der Waals surface area contributed by atoms with Gasteiger partial charge in [0, 0.05) is 6.61 Å². The van der Waals surface area contributed by atoms with Crippen molar-refractivity contribution in [2.24, 2.45) is 0 Å². The first-order valence-electron chi connectivity index (χ1n) is 5.51. The van der Waals surface area contributed by atoms with E-state index in [4.69, 9.17) is 4.74 Å². The Balaban J connectivity index is 2.13. The SMILES string of the molecule is CC1CCCCCCCCCO1. The summed E-state index contributed by atoms with van der Waals surface area (Å²) < 4.78 is 5.67. The maximum absolute atomic E-state index is 5.67. The van der Waals surface area contributed by atoms with Gasteiger partial charge >= 0.3 is 0 Å². The Labute approximate surface area is 76.5 Å². The normalized spacial score (nSPS) is 29.2. The minimum absolute atomic E-state index is 0.503. The molecule has 0 spiro atoms. The van der Waals surface area contributed by atoms with E-state index in [1.54, 1.807) is 0 Å². The lowest BCUT2D eigenvalue weighted by Gasteiger charge is -2.11. The molecule has 0 bridgehead atoms. The van der Waals surface area contributed by atoms with E-state index in [0.717, 1.165) is 6.61 Å². The van der Waals surface area contributed by atoms with Crippen LogP contribution in [-0.2, 0) is 4.74 Å². The molecular formula is C11H22O. The lowest BCUT2D eigenvalue weighted by Crippen LogP contribution is -2.08. The van der Waals surface area contributed by atoms with Crippen molar-refractivity contribution in [2.45, 2.75) is 64.4 Å². The number of ether oxygens (including phenoxy) is 1. The van der Waals surface area contributed by atoms with Crippen molar-refractivity contribution in [3.63, 3.8) is 0 Å². The Morgan fingerprint density at radius 1 is 0.833 bits per heavy atom. The molecule has 1 aliphatic rings. The van der Waals surface area contributed by atoms with Crippen molar-refractivity contribution in [3.8, 4) is 0 Å². The lowest BCUT2D eigenvalue weighted by atomic mass is 10.1. The fourth-order valence-corrected chi connectivity index (χ4v) is 1.79. The zero-order valence-electron chi connectivity index (χ0n) is 8.35. The summed E-state index contributed by atoms with van der Waals surface area (Å²) in [7, 11) is 0. The molecule has 0 radical (unpaired) electrons. The van der Waals surface area contributed by atoms with E-state index in [1.807, 2.05) is 0 Å². The molecule has 0 amide bonds. The van der Waals surface area contributed by atoms with Crippen molar-refractivity contribution in [3.05, 3.63) is 0 Å². The first-order valence-corrected chi connectivity index (χ1v) is 5.51. The summed E-state index contributed by atoms with van der Waals surface area (Å²) in [6.07, 6.45) is 11.5. The largest absolute Gasteiger partial charge is 0.379 e. The van der Waals surface area contributed by atoms with Crippen LogP contribution in [0.15, 0.2) is 0 Å². The first kappa shape index (κ1) is 10.0. The number of hydrogen-bond acceptors (Lipinski definition) is 1. The summed E-state index contributed by atoms with van der Waals surface area (Å²) in [6.45, 7) is 3.19. The van der Waals surface area contributed by atoms with Crippen LogP contribution in [-0.4, -0.2) is 12.7 Å². The molecule has 0 N–H and O–H groups in total. The van der Waals surface area contributed by atoms with Gasteiger partial charge in [0.1, 0.15) is 0 Å². The molecule has 1 rings (SSSR count). The summed E-state index contributed by atoms with van der Waals surface area (Å²) in [6, 6.07) is 0. The van der Waals surface area contributed by atoms with Crippen LogP contribution in [0.1, 0.15) is 58.3 Å². The fraction of sp³-hybridized carbons (Fsp3) is 1.00. The van der Waals surface area contributed by atoms with Gasteiger partial charge in [-0.25, -0.2) is 0 Å².